The molecule has 130 valence electrons. The molecule has 0 aromatic carbocycles. The maximum atomic E-state index is 12.6. The van der Waals surface area contributed by atoms with E-state index in [4.69, 9.17) is 4.42 Å². The first-order valence-electron chi connectivity index (χ1n) is 8.14. The Bertz CT molecular complexity index is 867. The Morgan fingerprint density at radius 2 is 2.16 bits per heavy atom. The molecule has 0 aliphatic carbocycles. The standard InChI is InChI=1S/C18H21N5O2/c1-12(2)11-22(4)17(24)14-10-20-23(13(14)3)18-19-8-7-15(21-18)16-6-5-9-25-16/h5-10,12H,11H2,1-4H3. The second-order valence-electron chi connectivity index (χ2n) is 6.35. The lowest BCUT2D eigenvalue weighted by Crippen LogP contribution is -2.30. The smallest absolute Gasteiger partial charge is 0.257 e. The van der Waals surface area contributed by atoms with Crippen molar-refractivity contribution in [1.82, 2.24) is 24.6 Å². The summed E-state index contributed by atoms with van der Waals surface area (Å²) in [7, 11) is 1.80. The van der Waals surface area contributed by atoms with Crippen LogP contribution in [0.1, 0.15) is 29.9 Å². The predicted octanol–water partition coefficient (Wildman–Crippen LogP) is 2.96. The molecule has 0 aliphatic rings. The third-order valence-corrected chi connectivity index (χ3v) is 3.83. The summed E-state index contributed by atoms with van der Waals surface area (Å²) in [5.41, 5.74) is 1.92. The van der Waals surface area contributed by atoms with Gasteiger partial charge in [-0.15, -0.1) is 0 Å². The van der Waals surface area contributed by atoms with Gasteiger partial charge in [-0.2, -0.15) is 5.10 Å². The molecule has 0 aliphatic heterocycles. The number of nitrogens with zero attached hydrogens (tertiary/aromatic N) is 5. The first kappa shape index (κ1) is 16.9. The number of furan rings is 1. The third-order valence-electron chi connectivity index (χ3n) is 3.83. The highest BCUT2D eigenvalue weighted by Gasteiger charge is 2.20. The Kier molecular flexibility index (Phi) is 4.65. The van der Waals surface area contributed by atoms with Gasteiger partial charge in [-0.05, 0) is 31.0 Å². The van der Waals surface area contributed by atoms with Crippen molar-refractivity contribution in [2.24, 2.45) is 5.92 Å². The molecule has 7 nitrogen and oxygen atoms in total. The number of rotatable bonds is 5. The molecular formula is C18H21N5O2. The SMILES string of the molecule is Cc1c(C(=O)N(C)CC(C)C)cnn1-c1nccc(-c2ccco2)n1. The lowest BCUT2D eigenvalue weighted by molar-refractivity contribution is 0.0778. The van der Waals surface area contributed by atoms with Gasteiger partial charge in [0, 0.05) is 19.8 Å². The Labute approximate surface area is 146 Å². The molecule has 3 heterocycles. The van der Waals surface area contributed by atoms with E-state index in [1.807, 2.05) is 13.0 Å². The molecule has 3 rings (SSSR count). The van der Waals surface area contributed by atoms with Crippen LogP contribution in [0.15, 0.2) is 41.3 Å². The predicted molar refractivity (Wildman–Crippen MR) is 93.4 cm³/mol. The van der Waals surface area contributed by atoms with E-state index in [1.54, 1.807) is 47.4 Å². The van der Waals surface area contributed by atoms with E-state index >= 15 is 0 Å². The summed E-state index contributed by atoms with van der Waals surface area (Å²) in [5.74, 6) is 1.40. The summed E-state index contributed by atoms with van der Waals surface area (Å²) < 4.78 is 6.94. The van der Waals surface area contributed by atoms with E-state index in [9.17, 15) is 4.79 Å². The van der Waals surface area contributed by atoms with Gasteiger partial charge in [0.15, 0.2) is 5.76 Å². The van der Waals surface area contributed by atoms with Crippen LogP contribution in [0.4, 0.5) is 0 Å². The molecule has 3 aromatic rings. The molecule has 0 unspecified atom stereocenters. The fraction of sp³-hybridized carbons (Fsp3) is 0.333. The second kappa shape index (κ2) is 6.88. The number of hydrogen-bond acceptors (Lipinski definition) is 5. The summed E-state index contributed by atoms with van der Waals surface area (Å²) >= 11 is 0. The van der Waals surface area contributed by atoms with Crippen molar-refractivity contribution < 1.29 is 9.21 Å². The Morgan fingerprint density at radius 1 is 1.36 bits per heavy atom. The second-order valence-corrected chi connectivity index (χ2v) is 6.35. The average Bonchev–Trinajstić information content (AvgIpc) is 3.23. The number of amides is 1. The minimum absolute atomic E-state index is 0.0559. The first-order valence-corrected chi connectivity index (χ1v) is 8.14. The highest BCUT2D eigenvalue weighted by Crippen LogP contribution is 2.19. The normalized spacial score (nSPS) is 11.1. The van der Waals surface area contributed by atoms with Crippen LogP contribution in [0.3, 0.4) is 0 Å². The largest absolute Gasteiger partial charge is 0.463 e. The van der Waals surface area contributed by atoms with E-state index < -0.39 is 0 Å². The van der Waals surface area contributed by atoms with Crippen molar-refractivity contribution in [3.8, 4) is 17.4 Å². The molecule has 0 N–H and O–H groups in total. The van der Waals surface area contributed by atoms with Crippen LogP contribution in [0, 0.1) is 12.8 Å². The zero-order valence-corrected chi connectivity index (χ0v) is 14.8. The van der Waals surface area contributed by atoms with E-state index in [-0.39, 0.29) is 5.91 Å². The molecule has 0 radical (unpaired) electrons. The topological polar surface area (TPSA) is 77.0 Å². The quantitative estimate of drug-likeness (QED) is 0.714. The first-order chi connectivity index (χ1) is 12.0. The van der Waals surface area contributed by atoms with E-state index in [0.29, 0.717) is 41.1 Å². The van der Waals surface area contributed by atoms with Gasteiger partial charge in [0.25, 0.3) is 11.9 Å². The highest BCUT2D eigenvalue weighted by molar-refractivity contribution is 5.95. The fourth-order valence-corrected chi connectivity index (χ4v) is 2.67. The van der Waals surface area contributed by atoms with E-state index in [0.717, 1.165) is 0 Å². The summed E-state index contributed by atoms with van der Waals surface area (Å²) in [5, 5.41) is 4.30. The van der Waals surface area contributed by atoms with Crippen molar-refractivity contribution in [1.29, 1.82) is 0 Å². The lowest BCUT2D eigenvalue weighted by Gasteiger charge is -2.19. The van der Waals surface area contributed by atoms with Gasteiger partial charge in [-0.1, -0.05) is 13.8 Å². The molecule has 1 amide bonds. The van der Waals surface area contributed by atoms with E-state index in [1.165, 1.54) is 0 Å². The highest BCUT2D eigenvalue weighted by atomic mass is 16.3. The molecule has 0 bridgehead atoms. The van der Waals surface area contributed by atoms with E-state index in [2.05, 4.69) is 28.9 Å². The number of hydrogen-bond donors (Lipinski definition) is 0. The molecule has 0 spiro atoms. The van der Waals surface area contributed by atoms with Gasteiger partial charge >= 0.3 is 0 Å². The molecule has 7 heteroatoms. The van der Waals surface area contributed by atoms with Gasteiger partial charge in [0.05, 0.1) is 23.7 Å². The number of carbonyl (C=O) groups excluding carboxylic acids is 1. The van der Waals surface area contributed by atoms with Gasteiger partial charge in [0.2, 0.25) is 0 Å². The zero-order valence-electron chi connectivity index (χ0n) is 14.8. The molecule has 3 aromatic heterocycles. The number of aromatic nitrogens is 4. The Balaban J connectivity index is 1.91. The zero-order chi connectivity index (χ0) is 18.0. The fourth-order valence-electron chi connectivity index (χ4n) is 2.67. The Hall–Kier alpha value is -2.96. The summed E-state index contributed by atoms with van der Waals surface area (Å²) in [6.07, 6.45) is 4.81. The van der Waals surface area contributed by atoms with Gasteiger partial charge < -0.3 is 9.32 Å². The maximum Gasteiger partial charge on any atom is 0.257 e. The van der Waals surface area contributed by atoms with Crippen molar-refractivity contribution >= 4 is 5.91 Å². The van der Waals surface area contributed by atoms with Crippen LogP contribution in [-0.2, 0) is 0 Å². The summed E-state index contributed by atoms with van der Waals surface area (Å²) in [6, 6.07) is 5.40. The van der Waals surface area contributed by atoms with Crippen molar-refractivity contribution in [2.45, 2.75) is 20.8 Å². The van der Waals surface area contributed by atoms with Crippen molar-refractivity contribution in [2.75, 3.05) is 13.6 Å². The van der Waals surface area contributed by atoms with Crippen LogP contribution < -0.4 is 0 Å². The monoisotopic (exact) mass is 339 g/mol. The molecule has 25 heavy (non-hydrogen) atoms. The summed E-state index contributed by atoms with van der Waals surface area (Å²) in [4.78, 5) is 23.1. The third kappa shape index (κ3) is 3.45. The molecule has 0 atom stereocenters. The van der Waals surface area contributed by atoms with Crippen LogP contribution in [0.5, 0.6) is 0 Å². The summed E-state index contributed by atoms with van der Waals surface area (Å²) in [6.45, 7) is 6.68. The molecular weight excluding hydrogens is 318 g/mol. The van der Waals surface area contributed by atoms with Crippen LogP contribution in [0.2, 0.25) is 0 Å². The molecule has 0 saturated carbocycles. The minimum atomic E-state index is -0.0559. The Morgan fingerprint density at radius 3 is 2.84 bits per heavy atom. The van der Waals surface area contributed by atoms with Crippen LogP contribution in [0.25, 0.3) is 17.4 Å². The minimum Gasteiger partial charge on any atom is -0.463 e. The van der Waals surface area contributed by atoms with Gasteiger partial charge in [0.1, 0.15) is 5.69 Å². The maximum absolute atomic E-state index is 12.6. The molecule has 0 fully saturated rings. The van der Waals surface area contributed by atoms with Gasteiger partial charge in [-0.3, -0.25) is 4.79 Å². The lowest BCUT2D eigenvalue weighted by atomic mass is 10.2. The number of carbonyl (C=O) groups is 1. The van der Waals surface area contributed by atoms with Gasteiger partial charge in [-0.25, -0.2) is 14.6 Å². The van der Waals surface area contributed by atoms with Crippen molar-refractivity contribution in [3.05, 3.63) is 48.1 Å². The van der Waals surface area contributed by atoms with Crippen molar-refractivity contribution in [3.63, 3.8) is 0 Å². The van der Waals surface area contributed by atoms with Crippen LogP contribution in [-0.4, -0.2) is 44.1 Å². The molecule has 0 saturated heterocycles. The van der Waals surface area contributed by atoms with Crippen LogP contribution >= 0.6 is 0 Å². The average molecular weight is 339 g/mol.